The molecule has 0 aliphatic rings. The van der Waals surface area contributed by atoms with E-state index in [2.05, 4.69) is 5.32 Å². The molecule has 4 aromatic carbocycles. The third-order valence-corrected chi connectivity index (χ3v) is 10.1. The molecule has 10 nitrogen and oxygen atoms in total. The average molecular weight is 698 g/mol. The zero-order valence-corrected chi connectivity index (χ0v) is 28.1. The number of nitro groups is 1. The number of sulfonamides is 1. The van der Waals surface area contributed by atoms with E-state index >= 15 is 0 Å². The monoisotopic (exact) mass is 696 g/mol. The van der Waals surface area contributed by atoms with Crippen molar-refractivity contribution in [3.05, 3.63) is 134 Å². The Morgan fingerprint density at radius 1 is 0.872 bits per heavy atom. The van der Waals surface area contributed by atoms with Gasteiger partial charge in [0.25, 0.3) is 15.7 Å². The molecule has 4 rings (SSSR count). The predicted molar refractivity (Wildman–Crippen MR) is 183 cm³/mol. The van der Waals surface area contributed by atoms with E-state index in [0.717, 1.165) is 15.9 Å². The molecule has 0 aliphatic carbocycles. The third-order valence-electron chi connectivity index (χ3n) is 7.55. The molecule has 2 amide bonds. The van der Waals surface area contributed by atoms with Crippen molar-refractivity contribution in [3.8, 4) is 0 Å². The SMILES string of the molecule is CC[C@@H](C)NC(=O)[C@@H](Cc1ccccc1)N(Cc1ccc(Cl)c(Cl)c1)C(=O)CN(c1cccc([N+](=O)[O-])c1)S(=O)(=O)c1ccccc1. The van der Waals surface area contributed by atoms with E-state index in [1.54, 1.807) is 24.3 Å². The zero-order chi connectivity index (χ0) is 34.1. The first-order chi connectivity index (χ1) is 22.4. The molecule has 0 saturated heterocycles. The van der Waals surface area contributed by atoms with Crippen LogP contribution in [-0.4, -0.2) is 48.7 Å². The highest BCUT2D eigenvalue weighted by Gasteiger charge is 2.35. The molecule has 47 heavy (non-hydrogen) atoms. The quantitative estimate of drug-likeness (QED) is 0.116. The van der Waals surface area contributed by atoms with E-state index in [1.807, 2.05) is 44.2 Å². The number of hydrogen-bond donors (Lipinski definition) is 1. The number of halogens is 2. The van der Waals surface area contributed by atoms with Gasteiger partial charge in [0.15, 0.2) is 0 Å². The summed E-state index contributed by atoms with van der Waals surface area (Å²) in [5.74, 6) is -1.15. The molecule has 1 N–H and O–H groups in total. The van der Waals surface area contributed by atoms with Crippen LogP contribution in [0.2, 0.25) is 10.0 Å². The summed E-state index contributed by atoms with van der Waals surface area (Å²) in [7, 11) is -4.41. The normalized spacial score (nSPS) is 12.5. The van der Waals surface area contributed by atoms with Gasteiger partial charge in [0.1, 0.15) is 12.6 Å². The van der Waals surface area contributed by atoms with E-state index in [9.17, 15) is 28.1 Å². The smallest absolute Gasteiger partial charge is 0.271 e. The minimum atomic E-state index is -4.41. The van der Waals surface area contributed by atoms with Crippen molar-refractivity contribution in [2.75, 3.05) is 10.8 Å². The Kier molecular flexibility index (Phi) is 12.0. The second-order valence-electron chi connectivity index (χ2n) is 10.9. The summed E-state index contributed by atoms with van der Waals surface area (Å²) in [6.07, 6.45) is 0.763. The third kappa shape index (κ3) is 9.09. The first-order valence-corrected chi connectivity index (χ1v) is 17.0. The Morgan fingerprint density at radius 3 is 2.15 bits per heavy atom. The van der Waals surface area contributed by atoms with E-state index < -0.39 is 39.3 Å². The molecule has 4 aromatic rings. The molecule has 2 atom stereocenters. The number of amides is 2. The number of nitrogens with zero attached hydrogens (tertiary/aromatic N) is 3. The van der Waals surface area contributed by atoms with Crippen molar-refractivity contribution in [1.82, 2.24) is 10.2 Å². The van der Waals surface area contributed by atoms with Crippen molar-refractivity contribution < 1.29 is 22.9 Å². The lowest BCUT2D eigenvalue weighted by Gasteiger charge is -2.34. The minimum Gasteiger partial charge on any atom is -0.352 e. The number of nitrogens with one attached hydrogen (secondary N) is 1. The number of anilines is 1. The van der Waals surface area contributed by atoms with Crippen molar-refractivity contribution in [2.45, 2.75) is 50.2 Å². The van der Waals surface area contributed by atoms with Crippen LogP contribution in [0.15, 0.2) is 108 Å². The van der Waals surface area contributed by atoms with Crippen LogP contribution in [0.4, 0.5) is 11.4 Å². The second-order valence-corrected chi connectivity index (χ2v) is 13.6. The lowest BCUT2D eigenvalue weighted by molar-refractivity contribution is -0.384. The van der Waals surface area contributed by atoms with E-state index in [-0.39, 0.29) is 40.3 Å². The molecule has 0 bridgehead atoms. The van der Waals surface area contributed by atoms with Gasteiger partial charge in [-0.15, -0.1) is 0 Å². The van der Waals surface area contributed by atoms with Gasteiger partial charge in [-0.1, -0.05) is 90.8 Å². The summed E-state index contributed by atoms with van der Waals surface area (Å²) < 4.78 is 29.0. The van der Waals surface area contributed by atoms with Gasteiger partial charge < -0.3 is 10.2 Å². The van der Waals surface area contributed by atoms with Crippen molar-refractivity contribution in [1.29, 1.82) is 0 Å². The van der Waals surface area contributed by atoms with Gasteiger partial charge in [-0.25, -0.2) is 8.42 Å². The number of carbonyl (C=O) groups is 2. The van der Waals surface area contributed by atoms with Gasteiger partial charge in [-0.05, 0) is 54.8 Å². The van der Waals surface area contributed by atoms with Crippen LogP contribution < -0.4 is 9.62 Å². The number of non-ortho nitro benzene ring substituents is 1. The van der Waals surface area contributed by atoms with Gasteiger partial charge >= 0.3 is 0 Å². The highest BCUT2D eigenvalue weighted by molar-refractivity contribution is 7.92. The largest absolute Gasteiger partial charge is 0.352 e. The first kappa shape index (κ1) is 35.4. The molecule has 0 fully saturated rings. The maximum Gasteiger partial charge on any atom is 0.271 e. The van der Waals surface area contributed by atoms with Gasteiger partial charge in [0, 0.05) is 31.1 Å². The summed E-state index contributed by atoms with van der Waals surface area (Å²) >= 11 is 12.5. The average Bonchev–Trinajstić information content (AvgIpc) is 3.07. The molecule has 0 heterocycles. The molecule has 13 heteroatoms. The maximum absolute atomic E-state index is 14.5. The topological polar surface area (TPSA) is 130 Å². The fourth-order valence-corrected chi connectivity index (χ4v) is 6.59. The molecule has 0 aliphatic heterocycles. The lowest BCUT2D eigenvalue weighted by atomic mass is 10.0. The van der Waals surface area contributed by atoms with Crippen LogP contribution in [0.1, 0.15) is 31.4 Å². The fourth-order valence-electron chi connectivity index (χ4n) is 4.84. The van der Waals surface area contributed by atoms with Crippen LogP contribution in [0, 0.1) is 10.1 Å². The van der Waals surface area contributed by atoms with E-state index in [4.69, 9.17) is 23.2 Å². The summed E-state index contributed by atoms with van der Waals surface area (Å²) in [4.78, 5) is 40.6. The van der Waals surface area contributed by atoms with Crippen LogP contribution in [0.25, 0.3) is 0 Å². The molecule has 0 saturated carbocycles. The van der Waals surface area contributed by atoms with Crippen LogP contribution in [-0.2, 0) is 32.6 Å². The number of hydrogen-bond acceptors (Lipinski definition) is 6. The Balaban J connectivity index is 1.84. The fraction of sp³-hybridized carbons (Fsp3) is 0.235. The Morgan fingerprint density at radius 2 is 1.53 bits per heavy atom. The van der Waals surface area contributed by atoms with Gasteiger partial charge in [0.05, 0.1) is 25.6 Å². The molecule has 0 radical (unpaired) electrons. The van der Waals surface area contributed by atoms with Crippen molar-refractivity contribution >= 4 is 56.4 Å². The van der Waals surface area contributed by atoms with Crippen LogP contribution >= 0.6 is 23.2 Å². The molecule has 0 unspecified atom stereocenters. The molecule has 246 valence electrons. The molecule has 0 aromatic heterocycles. The Bertz CT molecular complexity index is 1830. The van der Waals surface area contributed by atoms with Crippen LogP contribution in [0.5, 0.6) is 0 Å². The second kappa shape index (κ2) is 15.9. The standard InChI is InChI=1S/C34H34Cl2N4O6S/c1-3-24(2)37-34(42)32(20-25-11-6-4-7-12-25)38(22-26-17-18-30(35)31(36)19-26)33(41)23-39(27-13-10-14-28(21-27)40(43)44)47(45,46)29-15-8-5-9-16-29/h4-19,21,24,32H,3,20,22-23H2,1-2H3,(H,37,42)/t24-,32-/m1/s1. The lowest BCUT2D eigenvalue weighted by Crippen LogP contribution is -2.54. The predicted octanol–water partition coefficient (Wildman–Crippen LogP) is 6.65. The molecule has 0 spiro atoms. The summed E-state index contributed by atoms with van der Waals surface area (Å²) in [5.41, 5.74) is 0.881. The number of carbonyl (C=O) groups excluding carboxylic acids is 2. The zero-order valence-electron chi connectivity index (χ0n) is 25.8. The number of nitro benzene ring substituents is 1. The van der Waals surface area contributed by atoms with Crippen molar-refractivity contribution in [2.24, 2.45) is 0 Å². The number of rotatable bonds is 14. The van der Waals surface area contributed by atoms with Gasteiger partial charge in [-0.3, -0.25) is 24.0 Å². The van der Waals surface area contributed by atoms with Crippen molar-refractivity contribution in [3.63, 3.8) is 0 Å². The highest BCUT2D eigenvalue weighted by atomic mass is 35.5. The van der Waals surface area contributed by atoms with E-state index in [1.165, 1.54) is 47.4 Å². The number of benzene rings is 4. The summed E-state index contributed by atoms with van der Waals surface area (Å²) in [5, 5.41) is 15.1. The summed E-state index contributed by atoms with van der Waals surface area (Å²) in [6, 6.07) is 25.2. The maximum atomic E-state index is 14.5. The highest BCUT2D eigenvalue weighted by Crippen LogP contribution is 2.29. The Hall–Kier alpha value is -4.45. The summed E-state index contributed by atoms with van der Waals surface area (Å²) in [6.45, 7) is 2.89. The minimum absolute atomic E-state index is 0.0884. The molecular weight excluding hydrogens is 663 g/mol. The Labute approximate surface area is 284 Å². The van der Waals surface area contributed by atoms with E-state index in [0.29, 0.717) is 17.0 Å². The van der Waals surface area contributed by atoms with Gasteiger partial charge in [-0.2, -0.15) is 0 Å². The van der Waals surface area contributed by atoms with Crippen LogP contribution in [0.3, 0.4) is 0 Å². The first-order valence-electron chi connectivity index (χ1n) is 14.8. The molecular formula is C34H34Cl2N4O6S. The van der Waals surface area contributed by atoms with Gasteiger partial charge in [0.2, 0.25) is 11.8 Å².